The van der Waals surface area contributed by atoms with Gasteiger partial charge in [-0.15, -0.1) is 0 Å². The lowest BCUT2D eigenvalue weighted by Gasteiger charge is -2.22. The maximum Gasteiger partial charge on any atom is 0.0593 e. The van der Waals surface area contributed by atoms with E-state index in [4.69, 9.17) is 10.5 Å². The third-order valence-electron chi connectivity index (χ3n) is 3.36. The predicted octanol–water partition coefficient (Wildman–Crippen LogP) is 2.66. The van der Waals surface area contributed by atoms with Crippen LogP contribution < -0.4 is 5.73 Å². The van der Waals surface area contributed by atoms with Gasteiger partial charge in [-0.25, -0.2) is 0 Å². The van der Waals surface area contributed by atoms with Gasteiger partial charge in [0.25, 0.3) is 0 Å². The summed E-state index contributed by atoms with van der Waals surface area (Å²) in [6.45, 7) is 5.80. The van der Waals surface area contributed by atoms with E-state index >= 15 is 0 Å². The molecule has 0 unspecified atom stereocenters. The highest BCUT2D eigenvalue weighted by atomic mass is 16.5. The molecule has 3 nitrogen and oxygen atoms in total. The first-order valence-electron chi connectivity index (χ1n) is 6.96. The van der Waals surface area contributed by atoms with E-state index in [2.05, 4.69) is 24.0 Å². The zero-order chi connectivity index (χ0) is 12.8. The molecule has 0 heterocycles. The minimum atomic E-state index is 0.745. The van der Waals surface area contributed by atoms with Gasteiger partial charge in [0.1, 0.15) is 0 Å². The van der Waals surface area contributed by atoms with Crippen LogP contribution in [0, 0.1) is 0 Å². The summed E-state index contributed by atoms with van der Waals surface area (Å²) in [5.41, 5.74) is 8.14. The molecule has 2 rings (SSSR count). The number of benzene rings is 1. The standard InChI is InChI=1S/C15H24N2O/c1-2-10-18-11-9-17(14-7-8-14)12-13-5-3-4-6-15(13)16/h3-6,14H,2,7-12,16H2,1H3. The fourth-order valence-electron chi connectivity index (χ4n) is 2.16. The molecule has 1 aliphatic rings. The van der Waals surface area contributed by atoms with Gasteiger partial charge in [0.2, 0.25) is 0 Å². The molecule has 18 heavy (non-hydrogen) atoms. The summed E-state index contributed by atoms with van der Waals surface area (Å²) in [4.78, 5) is 2.50. The number of nitrogen functional groups attached to an aromatic ring is 1. The number of hydrogen-bond acceptors (Lipinski definition) is 3. The molecule has 0 aliphatic heterocycles. The van der Waals surface area contributed by atoms with E-state index in [1.165, 1.54) is 18.4 Å². The largest absolute Gasteiger partial charge is 0.398 e. The number of rotatable bonds is 8. The number of nitrogens with two attached hydrogens (primary N) is 1. The van der Waals surface area contributed by atoms with E-state index in [-0.39, 0.29) is 0 Å². The molecule has 3 heteroatoms. The van der Waals surface area contributed by atoms with Crippen LogP contribution in [0.25, 0.3) is 0 Å². The van der Waals surface area contributed by atoms with Gasteiger partial charge in [0, 0.05) is 31.4 Å². The lowest BCUT2D eigenvalue weighted by Crippen LogP contribution is -2.29. The Kier molecular flexibility index (Phi) is 5.02. The number of anilines is 1. The first-order chi connectivity index (χ1) is 8.81. The van der Waals surface area contributed by atoms with E-state index < -0.39 is 0 Å². The molecule has 0 amide bonds. The van der Waals surface area contributed by atoms with Crippen LogP contribution in [0.5, 0.6) is 0 Å². The van der Waals surface area contributed by atoms with Gasteiger partial charge in [0.15, 0.2) is 0 Å². The number of hydrogen-bond donors (Lipinski definition) is 1. The topological polar surface area (TPSA) is 38.5 Å². The van der Waals surface area contributed by atoms with Crippen molar-refractivity contribution < 1.29 is 4.74 Å². The van der Waals surface area contributed by atoms with Crippen molar-refractivity contribution in [3.05, 3.63) is 29.8 Å². The first-order valence-corrected chi connectivity index (χ1v) is 6.96. The Hall–Kier alpha value is -1.06. The Balaban J connectivity index is 1.84. The van der Waals surface area contributed by atoms with E-state index in [1.54, 1.807) is 0 Å². The second kappa shape index (κ2) is 6.76. The zero-order valence-corrected chi connectivity index (χ0v) is 11.3. The second-order valence-electron chi connectivity index (χ2n) is 5.01. The van der Waals surface area contributed by atoms with Crippen LogP contribution in [0.3, 0.4) is 0 Å². The number of para-hydroxylation sites is 1. The molecule has 1 saturated carbocycles. The van der Waals surface area contributed by atoms with Crippen LogP contribution in [0.4, 0.5) is 5.69 Å². The van der Waals surface area contributed by atoms with E-state index in [0.29, 0.717) is 0 Å². The van der Waals surface area contributed by atoms with Gasteiger partial charge in [-0.2, -0.15) is 0 Å². The molecule has 1 fully saturated rings. The fraction of sp³-hybridized carbons (Fsp3) is 0.600. The van der Waals surface area contributed by atoms with E-state index in [0.717, 1.165) is 44.5 Å². The summed E-state index contributed by atoms with van der Waals surface area (Å²) in [5.74, 6) is 0. The molecule has 1 aromatic carbocycles. The van der Waals surface area contributed by atoms with Gasteiger partial charge in [-0.3, -0.25) is 4.90 Å². The quantitative estimate of drug-likeness (QED) is 0.568. The molecule has 0 spiro atoms. The summed E-state index contributed by atoms with van der Waals surface area (Å²) in [6, 6.07) is 8.90. The summed E-state index contributed by atoms with van der Waals surface area (Å²) in [5, 5.41) is 0. The van der Waals surface area contributed by atoms with Crippen molar-refractivity contribution in [2.45, 2.75) is 38.8 Å². The zero-order valence-electron chi connectivity index (χ0n) is 11.3. The first kappa shape index (κ1) is 13.4. The molecule has 1 aromatic rings. The van der Waals surface area contributed by atoms with Crippen molar-refractivity contribution in [2.75, 3.05) is 25.5 Å². The highest BCUT2D eigenvalue weighted by Crippen LogP contribution is 2.28. The molecule has 0 radical (unpaired) electrons. The molecule has 0 saturated heterocycles. The molecule has 2 N–H and O–H groups in total. The summed E-state index contributed by atoms with van der Waals surface area (Å²) in [7, 11) is 0. The van der Waals surface area contributed by atoms with Gasteiger partial charge >= 0.3 is 0 Å². The van der Waals surface area contributed by atoms with Crippen molar-refractivity contribution in [3.8, 4) is 0 Å². The van der Waals surface area contributed by atoms with Crippen molar-refractivity contribution in [1.82, 2.24) is 4.90 Å². The van der Waals surface area contributed by atoms with Crippen LogP contribution in [0.15, 0.2) is 24.3 Å². The maximum atomic E-state index is 6.01. The van der Waals surface area contributed by atoms with Crippen molar-refractivity contribution >= 4 is 5.69 Å². The molecule has 100 valence electrons. The Morgan fingerprint density at radius 3 is 2.72 bits per heavy atom. The normalized spacial score (nSPS) is 15.2. The highest BCUT2D eigenvalue weighted by molar-refractivity contribution is 5.46. The minimum absolute atomic E-state index is 0.745. The molecule has 0 atom stereocenters. The van der Waals surface area contributed by atoms with Crippen LogP contribution in [-0.2, 0) is 11.3 Å². The maximum absolute atomic E-state index is 6.01. The van der Waals surface area contributed by atoms with Crippen molar-refractivity contribution in [1.29, 1.82) is 0 Å². The molecule has 0 bridgehead atoms. The Morgan fingerprint density at radius 1 is 1.28 bits per heavy atom. The van der Waals surface area contributed by atoms with Crippen molar-refractivity contribution in [2.24, 2.45) is 0 Å². The Bertz CT molecular complexity index is 363. The van der Waals surface area contributed by atoms with Gasteiger partial charge in [0.05, 0.1) is 6.61 Å². The van der Waals surface area contributed by atoms with Gasteiger partial charge in [-0.1, -0.05) is 25.1 Å². The Morgan fingerprint density at radius 2 is 2.06 bits per heavy atom. The monoisotopic (exact) mass is 248 g/mol. The average Bonchev–Trinajstić information content (AvgIpc) is 3.20. The number of nitrogens with zero attached hydrogens (tertiary/aromatic N) is 1. The SMILES string of the molecule is CCCOCCN(Cc1ccccc1N)C1CC1. The minimum Gasteiger partial charge on any atom is -0.398 e. The molecule has 1 aliphatic carbocycles. The van der Waals surface area contributed by atoms with Crippen LogP contribution >= 0.6 is 0 Å². The third kappa shape index (κ3) is 4.00. The summed E-state index contributed by atoms with van der Waals surface area (Å²) >= 11 is 0. The molecular formula is C15H24N2O. The smallest absolute Gasteiger partial charge is 0.0593 e. The predicted molar refractivity (Wildman–Crippen MR) is 75.4 cm³/mol. The summed E-state index contributed by atoms with van der Waals surface area (Å²) < 4.78 is 5.59. The molecular weight excluding hydrogens is 224 g/mol. The third-order valence-corrected chi connectivity index (χ3v) is 3.36. The van der Waals surface area contributed by atoms with Gasteiger partial charge < -0.3 is 10.5 Å². The van der Waals surface area contributed by atoms with Gasteiger partial charge in [-0.05, 0) is 30.9 Å². The Labute approximate surface area is 110 Å². The molecule has 0 aromatic heterocycles. The highest BCUT2D eigenvalue weighted by Gasteiger charge is 2.28. The number of ether oxygens (including phenoxy) is 1. The van der Waals surface area contributed by atoms with Crippen LogP contribution in [-0.4, -0.2) is 30.7 Å². The van der Waals surface area contributed by atoms with Crippen molar-refractivity contribution in [3.63, 3.8) is 0 Å². The van der Waals surface area contributed by atoms with Crippen LogP contribution in [0.1, 0.15) is 31.7 Å². The lowest BCUT2D eigenvalue weighted by atomic mass is 10.1. The van der Waals surface area contributed by atoms with E-state index in [9.17, 15) is 0 Å². The fourth-order valence-corrected chi connectivity index (χ4v) is 2.16. The van der Waals surface area contributed by atoms with Crippen LogP contribution in [0.2, 0.25) is 0 Å². The summed E-state index contributed by atoms with van der Waals surface area (Å²) in [6.07, 6.45) is 3.73. The van der Waals surface area contributed by atoms with E-state index in [1.807, 2.05) is 12.1 Å². The average molecular weight is 248 g/mol. The second-order valence-corrected chi connectivity index (χ2v) is 5.01. The lowest BCUT2D eigenvalue weighted by molar-refractivity contribution is 0.0987.